The Balaban J connectivity index is 1.95. The third-order valence-corrected chi connectivity index (χ3v) is 5.88. The molecule has 1 heterocycles. The largest absolute Gasteiger partial charge is 0.263 e. The van der Waals surface area contributed by atoms with E-state index in [4.69, 9.17) is 0 Å². The van der Waals surface area contributed by atoms with Gasteiger partial charge in [0.1, 0.15) is 5.82 Å². The van der Waals surface area contributed by atoms with Crippen molar-refractivity contribution >= 4 is 31.8 Å². The summed E-state index contributed by atoms with van der Waals surface area (Å²) in [5, 5.41) is 0. The van der Waals surface area contributed by atoms with Gasteiger partial charge in [0, 0.05) is 10.7 Å². The molecule has 0 aliphatic heterocycles. The standard InChI is InChI=1S/C16H17BrN2O2S/c1-10-7-14(17)8-11(2)16(10)22(20,21)19-15-9-13(5-6-18-15)12-3-4-12/h5-9,12H,3-4H2,1-2H3,(H,18,19). The van der Waals surface area contributed by atoms with Crippen LogP contribution in [0.15, 0.2) is 39.8 Å². The maximum Gasteiger partial charge on any atom is 0.263 e. The van der Waals surface area contributed by atoms with Crippen LogP contribution in [0.3, 0.4) is 0 Å². The first-order valence-electron chi connectivity index (χ1n) is 7.12. The number of benzene rings is 1. The Labute approximate surface area is 139 Å². The second kappa shape index (κ2) is 5.66. The Bertz CT molecular complexity index is 807. The molecule has 116 valence electrons. The van der Waals surface area contributed by atoms with Gasteiger partial charge in [0.2, 0.25) is 0 Å². The molecule has 1 aromatic carbocycles. The first kappa shape index (κ1) is 15.5. The predicted molar refractivity (Wildman–Crippen MR) is 90.6 cm³/mol. The van der Waals surface area contributed by atoms with Crippen LogP contribution in [0.1, 0.15) is 35.4 Å². The van der Waals surface area contributed by atoms with Crippen LogP contribution in [0.4, 0.5) is 5.82 Å². The van der Waals surface area contributed by atoms with Gasteiger partial charge >= 0.3 is 0 Å². The molecule has 1 aromatic heterocycles. The summed E-state index contributed by atoms with van der Waals surface area (Å²) < 4.78 is 28.8. The van der Waals surface area contributed by atoms with Crippen molar-refractivity contribution in [2.75, 3.05) is 4.72 Å². The van der Waals surface area contributed by atoms with E-state index < -0.39 is 10.0 Å². The zero-order valence-electron chi connectivity index (χ0n) is 12.4. The fraction of sp³-hybridized carbons (Fsp3) is 0.312. The number of aromatic nitrogens is 1. The maximum absolute atomic E-state index is 12.7. The average molecular weight is 381 g/mol. The van der Waals surface area contributed by atoms with Crippen molar-refractivity contribution in [2.45, 2.75) is 37.5 Å². The zero-order chi connectivity index (χ0) is 15.9. The molecule has 0 unspecified atom stereocenters. The molecule has 0 bridgehead atoms. The Morgan fingerprint density at radius 2 is 1.82 bits per heavy atom. The molecule has 0 atom stereocenters. The van der Waals surface area contributed by atoms with Gasteiger partial charge in [-0.05, 0) is 73.6 Å². The Hall–Kier alpha value is -1.40. The van der Waals surface area contributed by atoms with Gasteiger partial charge < -0.3 is 0 Å². The highest BCUT2D eigenvalue weighted by Crippen LogP contribution is 2.40. The second-order valence-corrected chi connectivity index (χ2v) is 8.26. The molecule has 22 heavy (non-hydrogen) atoms. The summed E-state index contributed by atoms with van der Waals surface area (Å²) in [7, 11) is -3.65. The van der Waals surface area contributed by atoms with Crippen molar-refractivity contribution in [1.29, 1.82) is 0 Å². The molecule has 1 fully saturated rings. The molecule has 0 spiro atoms. The number of aryl methyl sites for hydroxylation is 2. The number of halogens is 1. The highest BCUT2D eigenvalue weighted by Gasteiger charge is 2.25. The molecule has 1 N–H and O–H groups in total. The van der Waals surface area contributed by atoms with Crippen molar-refractivity contribution < 1.29 is 8.42 Å². The van der Waals surface area contributed by atoms with Crippen molar-refractivity contribution in [1.82, 2.24) is 4.98 Å². The topological polar surface area (TPSA) is 59.1 Å². The van der Waals surface area contributed by atoms with E-state index in [0.717, 1.165) is 10.0 Å². The number of hydrogen-bond acceptors (Lipinski definition) is 3. The smallest absolute Gasteiger partial charge is 0.263 e. The van der Waals surface area contributed by atoms with Crippen molar-refractivity contribution in [3.8, 4) is 0 Å². The van der Waals surface area contributed by atoms with Gasteiger partial charge in [0.15, 0.2) is 0 Å². The zero-order valence-corrected chi connectivity index (χ0v) is 14.8. The molecule has 4 nitrogen and oxygen atoms in total. The minimum Gasteiger partial charge on any atom is -0.263 e. The number of nitrogens with one attached hydrogen (secondary N) is 1. The van der Waals surface area contributed by atoms with Crippen LogP contribution in [0.5, 0.6) is 0 Å². The third kappa shape index (κ3) is 3.17. The van der Waals surface area contributed by atoms with E-state index in [-0.39, 0.29) is 0 Å². The molecule has 0 radical (unpaired) electrons. The highest BCUT2D eigenvalue weighted by atomic mass is 79.9. The number of rotatable bonds is 4. The SMILES string of the molecule is Cc1cc(Br)cc(C)c1S(=O)(=O)Nc1cc(C2CC2)ccn1. The van der Waals surface area contributed by atoms with Crippen molar-refractivity contribution in [2.24, 2.45) is 0 Å². The molecule has 1 aliphatic carbocycles. The van der Waals surface area contributed by atoms with E-state index in [1.54, 1.807) is 32.2 Å². The fourth-order valence-corrected chi connectivity index (χ4v) is 4.82. The number of nitrogens with zero attached hydrogens (tertiary/aromatic N) is 1. The third-order valence-electron chi connectivity index (χ3n) is 3.77. The molecule has 3 rings (SSSR count). The van der Waals surface area contributed by atoms with Crippen LogP contribution in [0.25, 0.3) is 0 Å². The average Bonchev–Trinajstić information content (AvgIpc) is 3.20. The van der Waals surface area contributed by atoms with Gasteiger partial charge in [-0.3, -0.25) is 4.72 Å². The molecule has 0 amide bonds. The fourth-order valence-electron chi connectivity index (χ4n) is 2.68. The van der Waals surface area contributed by atoms with Gasteiger partial charge in [-0.15, -0.1) is 0 Å². The van der Waals surface area contributed by atoms with E-state index >= 15 is 0 Å². The van der Waals surface area contributed by atoms with E-state index in [0.29, 0.717) is 27.8 Å². The van der Waals surface area contributed by atoms with Crippen LogP contribution in [0, 0.1) is 13.8 Å². The van der Waals surface area contributed by atoms with Crippen molar-refractivity contribution in [3.05, 3.63) is 51.6 Å². The number of anilines is 1. The second-order valence-electron chi connectivity index (χ2n) is 5.72. The molecule has 1 saturated carbocycles. The van der Waals surface area contributed by atoms with E-state index in [9.17, 15) is 8.42 Å². The lowest BCUT2D eigenvalue weighted by molar-refractivity contribution is 0.600. The summed E-state index contributed by atoms with van der Waals surface area (Å²) in [6.07, 6.45) is 4.00. The van der Waals surface area contributed by atoms with Crippen LogP contribution >= 0.6 is 15.9 Å². The summed E-state index contributed by atoms with van der Waals surface area (Å²) in [5.74, 6) is 0.938. The molecule has 2 aromatic rings. The van der Waals surface area contributed by atoms with E-state index in [1.165, 1.54) is 12.8 Å². The minimum atomic E-state index is -3.65. The van der Waals surface area contributed by atoms with E-state index in [2.05, 4.69) is 25.6 Å². The Morgan fingerprint density at radius 3 is 2.41 bits per heavy atom. The number of hydrogen-bond donors (Lipinski definition) is 1. The number of sulfonamides is 1. The normalized spacial score (nSPS) is 14.9. The van der Waals surface area contributed by atoms with Gasteiger partial charge in [-0.2, -0.15) is 0 Å². The lowest BCUT2D eigenvalue weighted by Gasteiger charge is -2.13. The Kier molecular flexibility index (Phi) is 3.99. The summed E-state index contributed by atoms with van der Waals surface area (Å²) >= 11 is 3.39. The molecular weight excluding hydrogens is 364 g/mol. The molecule has 1 aliphatic rings. The Morgan fingerprint density at radius 1 is 1.18 bits per heavy atom. The van der Waals surface area contributed by atoms with Crippen LogP contribution < -0.4 is 4.72 Å². The van der Waals surface area contributed by atoms with Gasteiger partial charge in [-0.25, -0.2) is 13.4 Å². The van der Waals surface area contributed by atoms with Crippen molar-refractivity contribution in [3.63, 3.8) is 0 Å². The van der Waals surface area contributed by atoms with Gasteiger partial charge in [0.05, 0.1) is 4.90 Å². The molecular formula is C16H17BrN2O2S. The number of pyridine rings is 1. The van der Waals surface area contributed by atoms with Crippen LogP contribution in [-0.4, -0.2) is 13.4 Å². The summed E-state index contributed by atoms with van der Waals surface area (Å²) in [6.45, 7) is 3.58. The van der Waals surface area contributed by atoms with Crippen LogP contribution in [-0.2, 0) is 10.0 Å². The summed E-state index contributed by atoms with van der Waals surface area (Å²) in [5.41, 5.74) is 2.56. The monoisotopic (exact) mass is 380 g/mol. The quantitative estimate of drug-likeness (QED) is 0.866. The maximum atomic E-state index is 12.7. The van der Waals surface area contributed by atoms with Crippen LogP contribution in [0.2, 0.25) is 0 Å². The van der Waals surface area contributed by atoms with Gasteiger partial charge in [0.25, 0.3) is 10.0 Å². The lowest BCUT2D eigenvalue weighted by Crippen LogP contribution is -2.16. The minimum absolute atomic E-state index is 0.314. The summed E-state index contributed by atoms with van der Waals surface area (Å²) in [4.78, 5) is 4.45. The lowest BCUT2D eigenvalue weighted by atomic mass is 10.2. The first-order chi connectivity index (χ1) is 10.4. The first-order valence-corrected chi connectivity index (χ1v) is 9.40. The highest BCUT2D eigenvalue weighted by molar-refractivity contribution is 9.10. The molecule has 0 saturated heterocycles. The van der Waals surface area contributed by atoms with E-state index in [1.807, 2.05) is 12.1 Å². The predicted octanol–water partition coefficient (Wildman–Crippen LogP) is 4.14. The van der Waals surface area contributed by atoms with Gasteiger partial charge in [-0.1, -0.05) is 15.9 Å². The summed E-state index contributed by atoms with van der Waals surface area (Å²) in [6, 6.07) is 7.38. The molecule has 6 heteroatoms.